The Labute approximate surface area is 231 Å². The van der Waals surface area contributed by atoms with Crippen molar-refractivity contribution in [3.63, 3.8) is 0 Å². The number of nitrogens with zero attached hydrogens (tertiary/aromatic N) is 1. The fourth-order valence-corrected chi connectivity index (χ4v) is 6.03. The zero-order valence-electron chi connectivity index (χ0n) is 22.5. The van der Waals surface area contributed by atoms with Crippen molar-refractivity contribution in [1.29, 1.82) is 0 Å². The van der Waals surface area contributed by atoms with E-state index in [0.717, 1.165) is 19.3 Å². The number of aliphatic imine (C=N–C) groups is 1. The van der Waals surface area contributed by atoms with Crippen molar-refractivity contribution in [3.8, 4) is 11.1 Å². The van der Waals surface area contributed by atoms with E-state index in [1.165, 1.54) is 60.1 Å². The fourth-order valence-electron chi connectivity index (χ4n) is 6.03. The summed E-state index contributed by atoms with van der Waals surface area (Å²) in [7, 11) is 0. The van der Waals surface area contributed by atoms with Gasteiger partial charge in [-0.15, -0.1) is 0 Å². The molecular formula is C38H33N. The van der Waals surface area contributed by atoms with Gasteiger partial charge in [-0.2, -0.15) is 0 Å². The molecule has 0 N–H and O–H groups in total. The molecule has 190 valence electrons. The lowest BCUT2D eigenvalue weighted by Crippen LogP contribution is -2.00. The third-order valence-corrected chi connectivity index (χ3v) is 7.76. The summed E-state index contributed by atoms with van der Waals surface area (Å²) in [6.45, 7) is 6.25. The minimum absolute atomic E-state index is 0.346. The monoisotopic (exact) mass is 503 g/mol. The summed E-state index contributed by atoms with van der Waals surface area (Å²) in [5.41, 5.74) is 6.40. The van der Waals surface area contributed by atoms with Crippen LogP contribution in [0.4, 0.5) is 0 Å². The fraction of sp³-hybridized carbons (Fsp3) is 0.132. The average molecular weight is 504 g/mol. The van der Waals surface area contributed by atoms with Crippen LogP contribution in [-0.4, -0.2) is 6.21 Å². The number of unbranched alkanes of at least 4 members (excludes halogenated alkanes) is 1. The molecule has 1 aliphatic rings. The number of hydrogen-bond donors (Lipinski definition) is 0. The molecule has 39 heavy (non-hydrogen) atoms. The third kappa shape index (κ3) is 4.55. The average Bonchev–Trinajstić information content (AvgIpc) is 2.99. The van der Waals surface area contributed by atoms with E-state index in [4.69, 9.17) is 0 Å². The molecule has 0 fully saturated rings. The van der Waals surface area contributed by atoms with Gasteiger partial charge in [-0.1, -0.05) is 135 Å². The van der Waals surface area contributed by atoms with Crippen LogP contribution in [0, 0.1) is 0 Å². The lowest BCUT2D eigenvalue weighted by Gasteiger charge is -2.20. The first-order chi connectivity index (χ1) is 19.3. The second-order valence-corrected chi connectivity index (χ2v) is 10.2. The summed E-state index contributed by atoms with van der Waals surface area (Å²) in [5, 5.41) is 7.67. The van der Waals surface area contributed by atoms with Crippen molar-refractivity contribution in [2.75, 3.05) is 0 Å². The standard InChI is InChI=1S/C38H33N/c1-3-5-6-14-28(13-4-2)37-33-15-7-9-17-35(33)38(36-18-10-8-16-34(36)37)32-22-12-20-30-29(19-11-21-31(30)32)27-23-25-39-26-24-27/h4,6-23,25-27H,2-3,5,24H2,1H3/b14-6-,28-13+. The SMILES string of the molecule is C=C/C=C(\C=C/CCC)c1c2ccccc2c(-c2cccc3c(C4C=CN=CC4)cccc23)c2ccccc12. The Kier molecular flexibility index (Phi) is 7.06. The predicted octanol–water partition coefficient (Wildman–Crippen LogP) is 10.8. The molecule has 1 aliphatic heterocycles. The normalized spacial score (nSPS) is 15.6. The van der Waals surface area contributed by atoms with Crippen LogP contribution in [0.5, 0.6) is 0 Å². The van der Waals surface area contributed by atoms with Crippen LogP contribution in [0.1, 0.15) is 43.2 Å². The Morgan fingerprint density at radius 2 is 1.49 bits per heavy atom. The molecule has 0 aliphatic carbocycles. The number of hydrogen-bond acceptors (Lipinski definition) is 1. The summed E-state index contributed by atoms with van der Waals surface area (Å²) in [6, 6.07) is 31.3. The highest BCUT2D eigenvalue weighted by Crippen LogP contribution is 2.44. The van der Waals surface area contributed by atoms with Crippen LogP contribution in [0.3, 0.4) is 0 Å². The van der Waals surface area contributed by atoms with Gasteiger partial charge in [0.2, 0.25) is 0 Å². The second-order valence-electron chi connectivity index (χ2n) is 10.2. The molecule has 0 radical (unpaired) electrons. The van der Waals surface area contributed by atoms with Crippen molar-refractivity contribution in [3.05, 3.63) is 139 Å². The molecule has 0 aromatic heterocycles. The van der Waals surface area contributed by atoms with Crippen LogP contribution in [0.25, 0.3) is 49.0 Å². The van der Waals surface area contributed by atoms with Gasteiger partial charge in [-0.05, 0) is 73.0 Å². The van der Waals surface area contributed by atoms with Crippen molar-refractivity contribution in [2.24, 2.45) is 4.99 Å². The van der Waals surface area contributed by atoms with Gasteiger partial charge in [0, 0.05) is 18.3 Å². The molecule has 1 heterocycles. The third-order valence-electron chi connectivity index (χ3n) is 7.76. The van der Waals surface area contributed by atoms with Crippen molar-refractivity contribution in [2.45, 2.75) is 32.1 Å². The van der Waals surface area contributed by atoms with Gasteiger partial charge in [0.15, 0.2) is 0 Å². The van der Waals surface area contributed by atoms with Crippen LogP contribution in [0.2, 0.25) is 0 Å². The Morgan fingerprint density at radius 1 is 0.821 bits per heavy atom. The smallest absolute Gasteiger partial charge is 0.0230 e. The van der Waals surface area contributed by atoms with Gasteiger partial charge < -0.3 is 0 Å². The molecule has 1 unspecified atom stereocenters. The van der Waals surface area contributed by atoms with E-state index < -0.39 is 0 Å². The molecule has 1 nitrogen and oxygen atoms in total. The van der Waals surface area contributed by atoms with Crippen LogP contribution < -0.4 is 0 Å². The molecule has 0 bridgehead atoms. The first-order valence-electron chi connectivity index (χ1n) is 13.9. The highest BCUT2D eigenvalue weighted by molar-refractivity contribution is 6.22. The molecule has 5 aromatic carbocycles. The van der Waals surface area contributed by atoms with Crippen LogP contribution in [-0.2, 0) is 0 Å². The Morgan fingerprint density at radius 3 is 2.15 bits per heavy atom. The summed E-state index contributed by atoms with van der Waals surface area (Å²) < 4.78 is 0. The van der Waals surface area contributed by atoms with Crippen LogP contribution in [0.15, 0.2) is 133 Å². The summed E-state index contributed by atoms with van der Waals surface area (Å²) in [6.07, 6.45) is 17.9. The van der Waals surface area contributed by atoms with E-state index in [0.29, 0.717) is 5.92 Å². The van der Waals surface area contributed by atoms with Gasteiger partial charge in [0.25, 0.3) is 0 Å². The van der Waals surface area contributed by atoms with Gasteiger partial charge in [0.1, 0.15) is 0 Å². The Balaban J connectivity index is 1.68. The number of allylic oxidation sites excluding steroid dienone is 6. The van der Waals surface area contributed by atoms with Crippen molar-refractivity contribution < 1.29 is 0 Å². The van der Waals surface area contributed by atoms with E-state index in [-0.39, 0.29) is 0 Å². The van der Waals surface area contributed by atoms with E-state index >= 15 is 0 Å². The molecule has 6 rings (SSSR count). The second kappa shape index (κ2) is 11.1. The molecule has 0 saturated carbocycles. The number of fused-ring (bicyclic) bond motifs is 3. The van der Waals surface area contributed by atoms with E-state index in [9.17, 15) is 0 Å². The zero-order valence-corrected chi connectivity index (χ0v) is 22.5. The van der Waals surface area contributed by atoms with E-state index in [1.807, 2.05) is 18.5 Å². The van der Waals surface area contributed by atoms with Gasteiger partial charge >= 0.3 is 0 Å². The predicted molar refractivity (Wildman–Crippen MR) is 172 cm³/mol. The Hall–Kier alpha value is -4.49. The van der Waals surface area contributed by atoms with E-state index in [1.54, 1.807) is 0 Å². The highest BCUT2D eigenvalue weighted by atomic mass is 14.7. The van der Waals surface area contributed by atoms with Gasteiger partial charge in [0.05, 0.1) is 0 Å². The molecule has 1 heteroatoms. The summed E-state index contributed by atoms with van der Waals surface area (Å²) >= 11 is 0. The molecule has 0 saturated heterocycles. The molecule has 1 atom stereocenters. The number of rotatable bonds is 7. The first kappa shape index (κ1) is 24.8. The van der Waals surface area contributed by atoms with Gasteiger partial charge in [-0.3, -0.25) is 4.99 Å². The quantitative estimate of drug-likeness (QED) is 0.155. The summed E-state index contributed by atoms with van der Waals surface area (Å²) in [5.74, 6) is 0.346. The lowest BCUT2D eigenvalue weighted by atomic mass is 9.83. The number of benzene rings is 5. The van der Waals surface area contributed by atoms with Crippen LogP contribution >= 0.6 is 0 Å². The molecule has 0 spiro atoms. The molecule has 0 amide bonds. The maximum atomic E-state index is 4.30. The minimum atomic E-state index is 0.346. The largest absolute Gasteiger partial charge is 0.269 e. The minimum Gasteiger partial charge on any atom is -0.269 e. The summed E-state index contributed by atoms with van der Waals surface area (Å²) in [4.78, 5) is 4.30. The van der Waals surface area contributed by atoms with Crippen molar-refractivity contribution >= 4 is 44.1 Å². The topological polar surface area (TPSA) is 12.4 Å². The highest BCUT2D eigenvalue weighted by Gasteiger charge is 2.19. The first-order valence-corrected chi connectivity index (χ1v) is 13.9. The van der Waals surface area contributed by atoms with Gasteiger partial charge in [-0.25, -0.2) is 0 Å². The lowest BCUT2D eigenvalue weighted by molar-refractivity contribution is 0.896. The zero-order chi connectivity index (χ0) is 26.6. The molecule has 5 aromatic rings. The van der Waals surface area contributed by atoms with E-state index in [2.05, 4.69) is 128 Å². The maximum Gasteiger partial charge on any atom is 0.0230 e. The Bertz CT molecular complexity index is 1760. The molecular weight excluding hydrogens is 470 g/mol. The maximum absolute atomic E-state index is 4.30. The van der Waals surface area contributed by atoms with Crippen molar-refractivity contribution in [1.82, 2.24) is 0 Å².